The molecular weight excluding hydrogens is 530 g/mol. The molecule has 1 amide bonds. The minimum absolute atomic E-state index is 0.0321. The Balaban J connectivity index is 2.14. The summed E-state index contributed by atoms with van der Waals surface area (Å²) in [6.07, 6.45) is 7.12. The third-order valence-electron chi connectivity index (χ3n) is 6.76. The van der Waals surface area contributed by atoms with Gasteiger partial charge in [0.15, 0.2) is 4.90 Å². The van der Waals surface area contributed by atoms with Gasteiger partial charge in [0, 0.05) is 12.6 Å². The first kappa shape index (κ1) is 30.2. The SMILES string of the molecule is CC(C)(C)OC(=O)CN([C@H](CC1CCCCC1)C(=O)N1CC=C[C@H]1C(=O)O)S(=O)(=O)c1ccccc1[N+](=O)[O-]. The van der Waals surface area contributed by atoms with E-state index in [-0.39, 0.29) is 18.9 Å². The van der Waals surface area contributed by atoms with Crippen LogP contribution in [0.3, 0.4) is 0 Å². The highest BCUT2D eigenvalue weighted by atomic mass is 32.2. The molecule has 3 rings (SSSR count). The van der Waals surface area contributed by atoms with Gasteiger partial charge >= 0.3 is 11.9 Å². The first-order chi connectivity index (χ1) is 18.2. The molecule has 1 aliphatic heterocycles. The number of aliphatic carboxylic acids is 1. The van der Waals surface area contributed by atoms with Gasteiger partial charge in [-0.3, -0.25) is 19.7 Å². The van der Waals surface area contributed by atoms with Crippen LogP contribution in [0.4, 0.5) is 5.69 Å². The number of hydrogen-bond acceptors (Lipinski definition) is 8. The molecule has 0 saturated heterocycles. The van der Waals surface area contributed by atoms with Crippen LogP contribution in [-0.4, -0.2) is 76.3 Å². The maximum absolute atomic E-state index is 14.1. The highest BCUT2D eigenvalue weighted by Crippen LogP contribution is 2.34. The third kappa shape index (κ3) is 7.41. The van der Waals surface area contributed by atoms with Crippen LogP contribution in [0.25, 0.3) is 0 Å². The van der Waals surface area contributed by atoms with E-state index in [9.17, 15) is 38.0 Å². The minimum atomic E-state index is -4.81. The Morgan fingerprint density at radius 1 is 1.18 bits per heavy atom. The molecule has 0 aromatic heterocycles. The van der Waals surface area contributed by atoms with Crippen molar-refractivity contribution in [2.45, 2.75) is 81.9 Å². The zero-order chi connectivity index (χ0) is 29.0. The van der Waals surface area contributed by atoms with Crippen molar-refractivity contribution in [2.75, 3.05) is 13.1 Å². The molecule has 1 aliphatic carbocycles. The first-order valence-corrected chi connectivity index (χ1v) is 14.3. The molecular formula is C26H35N3O9S. The summed E-state index contributed by atoms with van der Waals surface area (Å²) in [7, 11) is -4.81. The number of nitrogens with zero attached hydrogens (tertiary/aromatic N) is 3. The fourth-order valence-electron chi connectivity index (χ4n) is 5.05. The summed E-state index contributed by atoms with van der Waals surface area (Å²) in [6.45, 7) is 3.87. The largest absolute Gasteiger partial charge is 0.479 e. The smallest absolute Gasteiger partial charge is 0.330 e. The van der Waals surface area contributed by atoms with Crippen molar-refractivity contribution in [1.29, 1.82) is 0 Å². The second-order valence-electron chi connectivity index (χ2n) is 10.8. The van der Waals surface area contributed by atoms with Gasteiger partial charge in [-0.2, -0.15) is 4.31 Å². The molecule has 0 radical (unpaired) electrons. The van der Waals surface area contributed by atoms with E-state index < -0.39 is 67.6 Å². The number of ether oxygens (including phenoxy) is 1. The second kappa shape index (κ2) is 12.2. The van der Waals surface area contributed by atoms with E-state index in [0.29, 0.717) is 4.31 Å². The van der Waals surface area contributed by atoms with Crippen LogP contribution < -0.4 is 0 Å². The van der Waals surface area contributed by atoms with E-state index >= 15 is 0 Å². The van der Waals surface area contributed by atoms with Gasteiger partial charge in [0.1, 0.15) is 24.2 Å². The number of para-hydroxylation sites is 1. The zero-order valence-corrected chi connectivity index (χ0v) is 23.1. The molecule has 12 nitrogen and oxygen atoms in total. The van der Waals surface area contributed by atoms with Crippen molar-refractivity contribution in [2.24, 2.45) is 5.92 Å². The van der Waals surface area contributed by atoms with Crippen molar-refractivity contribution in [3.8, 4) is 0 Å². The number of benzene rings is 1. The lowest BCUT2D eigenvalue weighted by Gasteiger charge is -2.36. The van der Waals surface area contributed by atoms with Crippen molar-refractivity contribution in [3.05, 3.63) is 46.5 Å². The highest BCUT2D eigenvalue weighted by Gasteiger charge is 2.45. The lowest BCUT2D eigenvalue weighted by molar-refractivity contribution is -0.387. The number of esters is 1. The number of carbonyl (C=O) groups excluding carboxylic acids is 2. The van der Waals surface area contributed by atoms with E-state index in [0.717, 1.165) is 49.1 Å². The van der Waals surface area contributed by atoms with E-state index in [1.54, 1.807) is 20.8 Å². The molecule has 214 valence electrons. The van der Waals surface area contributed by atoms with Crippen molar-refractivity contribution in [1.82, 2.24) is 9.21 Å². The number of rotatable bonds is 10. The van der Waals surface area contributed by atoms with Gasteiger partial charge in [0.2, 0.25) is 5.91 Å². The summed E-state index contributed by atoms with van der Waals surface area (Å²) < 4.78 is 34.2. The minimum Gasteiger partial charge on any atom is -0.479 e. The Hall–Kier alpha value is -3.32. The van der Waals surface area contributed by atoms with Gasteiger partial charge in [0.25, 0.3) is 15.7 Å². The number of carbonyl (C=O) groups is 3. The van der Waals surface area contributed by atoms with Crippen LogP contribution in [0.15, 0.2) is 41.3 Å². The fraction of sp³-hybridized carbons (Fsp3) is 0.577. The quantitative estimate of drug-likeness (QED) is 0.194. The van der Waals surface area contributed by atoms with Gasteiger partial charge in [-0.25, -0.2) is 13.2 Å². The molecule has 1 saturated carbocycles. The van der Waals surface area contributed by atoms with Gasteiger partial charge in [-0.05, 0) is 39.2 Å². The fourth-order valence-corrected chi connectivity index (χ4v) is 6.75. The molecule has 1 aromatic carbocycles. The van der Waals surface area contributed by atoms with Gasteiger partial charge < -0.3 is 14.7 Å². The average Bonchev–Trinajstić information content (AvgIpc) is 3.36. The predicted molar refractivity (Wildman–Crippen MR) is 140 cm³/mol. The number of hydrogen-bond donors (Lipinski definition) is 1. The highest BCUT2D eigenvalue weighted by molar-refractivity contribution is 7.89. The van der Waals surface area contributed by atoms with Crippen LogP contribution in [0.2, 0.25) is 0 Å². The number of nitro groups is 1. The van der Waals surface area contributed by atoms with Crippen molar-refractivity contribution in [3.63, 3.8) is 0 Å². The van der Waals surface area contributed by atoms with Gasteiger partial charge in [-0.1, -0.05) is 56.4 Å². The monoisotopic (exact) mass is 565 g/mol. The van der Waals surface area contributed by atoms with Crippen LogP contribution in [-0.2, 0) is 29.1 Å². The Morgan fingerprint density at radius 3 is 2.41 bits per heavy atom. The molecule has 1 fully saturated rings. The lowest BCUT2D eigenvalue weighted by Crippen LogP contribution is -2.55. The molecule has 1 aromatic rings. The second-order valence-corrected chi connectivity index (χ2v) is 12.7. The number of sulfonamides is 1. The number of amides is 1. The van der Waals surface area contributed by atoms with Gasteiger partial charge in [0.05, 0.1) is 4.92 Å². The lowest BCUT2D eigenvalue weighted by atomic mass is 9.84. The van der Waals surface area contributed by atoms with Crippen LogP contribution in [0.5, 0.6) is 0 Å². The molecule has 0 bridgehead atoms. The molecule has 39 heavy (non-hydrogen) atoms. The third-order valence-corrected chi connectivity index (χ3v) is 8.66. The molecule has 13 heteroatoms. The topological polar surface area (TPSA) is 164 Å². The molecule has 0 spiro atoms. The van der Waals surface area contributed by atoms with Crippen molar-refractivity contribution < 1.29 is 37.6 Å². The van der Waals surface area contributed by atoms with Crippen LogP contribution >= 0.6 is 0 Å². The number of carboxylic acid groups (broad SMARTS) is 1. The predicted octanol–water partition coefficient (Wildman–Crippen LogP) is 3.12. The standard InChI is InChI=1S/C26H35N3O9S/c1-26(2,3)38-23(30)17-28(39(36,37)22-14-8-7-12-19(22)29(34)35)21(16-18-10-5-4-6-11-18)24(31)27-15-9-13-20(27)25(32)33/h7-9,12-14,18,20-21H,4-6,10-11,15-17H2,1-3H3,(H,32,33)/t20-,21+/m0/s1. The normalized spacial score (nSPS) is 19.2. The summed E-state index contributed by atoms with van der Waals surface area (Å²) in [6, 6.07) is 1.92. The van der Waals surface area contributed by atoms with E-state index in [4.69, 9.17) is 4.74 Å². The molecule has 2 aliphatic rings. The number of nitro benzene ring substituents is 1. The Labute approximate surface area is 227 Å². The molecule has 1 N–H and O–H groups in total. The molecule has 2 atom stereocenters. The summed E-state index contributed by atoms with van der Waals surface area (Å²) >= 11 is 0. The number of carboxylic acids is 1. The summed E-state index contributed by atoms with van der Waals surface area (Å²) in [5.74, 6) is -3.08. The average molecular weight is 566 g/mol. The summed E-state index contributed by atoms with van der Waals surface area (Å²) in [4.78, 5) is 50.1. The van der Waals surface area contributed by atoms with E-state index in [1.807, 2.05) is 0 Å². The van der Waals surface area contributed by atoms with Crippen LogP contribution in [0, 0.1) is 16.0 Å². The Kier molecular flexibility index (Phi) is 9.49. The van der Waals surface area contributed by atoms with Crippen LogP contribution in [0.1, 0.15) is 59.3 Å². The van der Waals surface area contributed by atoms with Crippen molar-refractivity contribution >= 4 is 33.6 Å². The molecule has 0 unspecified atom stereocenters. The summed E-state index contributed by atoms with van der Waals surface area (Å²) in [5, 5.41) is 21.4. The Bertz CT molecular complexity index is 1230. The Morgan fingerprint density at radius 2 is 1.82 bits per heavy atom. The van der Waals surface area contributed by atoms with E-state index in [1.165, 1.54) is 24.3 Å². The maximum atomic E-state index is 14.1. The zero-order valence-electron chi connectivity index (χ0n) is 22.3. The first-order valence-electron chi connectivity index (χ1n) is 12.9. The molecule has 1 heterocycles. The van der Waals surface area contributed by atoms with E-state index in [2.05, 4.69) is 0 Å². The maximum Gasteiger partial charge on any atom is 0.330 e. The summed E-state index contributed by atoms with van der Waals surface area (Å²) in [5.41, 5.74) is -1.68. The van der Waals surface area contributed by atoms with Gasteiger partial charge in [-0.15, -0.1) is 0 Å².